The van der Waals surface area contributed by atoms with Crippen molar-refractivity contribution in [3.05, 3.63) is 53.2 Å². The van der Waals surface area contributed by atoms with E-state index in [0.717, 1.165) is 16.4 Å². The van der Waals surface area contributed by atoms with Gasteiger partial charge < -0.3 is 11.1 Å². The molecule has 3 heterocycles. The molecular weight excluding hydrogens is 480 g/mol. The third-order valence-corrected chi connectivity index (χ3v) is 7.26. The Morgan fingerprint density at radius 3 is 2.68 bits per heavy atom. The number of nitrogens with zero attached hydrogens (tertiary/aromatic N) is 6. The van der Waals surface area contributed by atoms with E-state index in [1.807, 2.05) is 6.07 Å². The number of rotatable bonds is 4. The fourth-order valence-corrected chi connectivity index (χ4v) is 5.13. The molecule has 1 aliphatic heterocycles. The number of carbonyl (C=O) groups is 1. The number of nitriles is 1. The summed E-state index contributed by atoms with van der Waals surface area (Å²) in [6.45, 7) is -0.391. The second-order valence-electron chi connectivity index (χ2n) is 7.42. The Morgan fingerprint density at radius 2 is 2.09 bits per heavy atom. The molecule has 0 radical (unpaired) electrons. The monoisotopic (exact) mass is 498 g/mol. The summed E-state index contributed by atoms with van der Waals surface area (Å²) in [5, 5.41) is 11.2. The summed E-state index contributed by atoms with van der Waals surface area (Å²) in [6.07, 6.45) is -3.52. The molecule has 2 atom stereocenters. The number of aliphatic imine (C=N–C) groups is 1. The van der Waals surface area contributed by atoms with E-state index in [-0.39, 0.29) is 17.1 Å². The quantitative estimate of drug-likeness (QED) is 0.617. The van der Waals surface area contributed by atoms with Crippen molar-refractivity contribution in [2.75, 3.05) is 24.7 Å². The summed E-state index contributed by atoms with van der Waals surface area (Å²) in [4.78, 5) is 24.4. The first-order chi connectivity index (χ1) is 15.8. The van der Waals surface area contributed by atoms with Crippen LogP contribution in [-0.4, -0.2) is 55.9 Å². The van der Waals surface area contributed by atoms with Gasteiger partial charge >= 0.3 is 6.18 Å². The number of anilines is 1. The molecule has 15 heteroatoms. The van der Waals surface area contributed by atoms with Crippen molar-refractivity contribution in [3.63, 3.8) is 0 Å². The molecule has 0 aliphatic carbocycles. The molecule has 3 N–H and O–H groups in total. The largest absolute Gasteiger partial charge is 0.408 e. The van der Waals surface area contributed by atoms with E-state index in [1.54, 1.807) is 0 Å². The zero-order valence-electron chi connectivity index (χ0n) is 17.8. The van der Waals surface area contributed by atoms with Crippen molar-refractivity contribution in [2.24, 2.45) is 15.1 Å². The molecule has 2 unspecified atom stereocenters. The number of nitrogens with two attached hydrogens (primary N) is 1. The zero-order valence-corrected chi connectivity index (χ0v) is 18.6. The number of aromatic nitrogens is 2. The van der Waals surface area contributed by atoms with Gasteiger partial charge in [0.1, 0.15) is 51.1 Å². The fraction of sp³-hybridized carbons (Fsp3) is 0.316. The maximum Gasteiger partial charge on any atom is 0.408 e. The summed E-state index contributed by atoms with van der Waals surface area (Å²) in [5.74, 6) is -2.79. The third kappa shape index (κ3) is 5.22. The minimum absolute atomic E-state index is 0.0478. The van der Waals surface area contributed by atoms with Crippen LogP contribution in [0.5, 0.6) is 0 Å². The lowest BCUT2D eigenvalue weighted by atomic mass is 10.00. The zero-order chi connectivity index (χ0) is 25.3. The first-order valence-electron chi connectivity index (χ1n) is 9.47. The van der Waals surface area contributed by atoms with Crippen LogP contribution in [0.1, 0.15) is 28.7 Å². The molecule has 3 rings (SSSR count). The van der Waals surface area contributed by atoms with Gasteiger partial charge in [0.2, 0.25) is 5.96 Å². The Hall–Kier alpha value is -3.80. The number of hydrogen-bond acceptors (Lipinski definition) is 8. The number of amides is 1. The van der Waals surface area contributed by atoms with Crippen LogP contribution in [0.15, 0.2) is 39.8 Å². The number of guanidine groups is 1. The standard InChI is InChI=1S/C19H18F4N8O2S/c1-18(10-34(33,27-9-19(21,22)23)31(2)17(25)30-18)15-12(20)4-6-14(28-15)29-16(32)13-5-3-11(7-24)8-26-13/h3-6,8H,9-10H2,1-2H3,(H2,25,30)(H,28,29,32). The van der Waals surface area contributed by atoms with Gasteiger partial charge in [0.15, 0.2) is 0 Å². The van der Waals surface area contributed by atoms with E-state index < -0.39 is 57.3 Å². The van der Waals surface area contributed by atoms with Crippen molar-refractivity contribution in [2.45, 2.75) is 18.6 Å². The Balaban J connectivity index is 1.97. The highest BCUT2D eigenvalue weighted by Crippen LogP contribution is 2.34. The summed E-state index contributed by atoms with van der Waals surface area (Å²) >= 11 is 0. The van der Waals surface area contributed by atoms with E-state index >= 15 is 0 Å². The lowest BCUT2D eigenvalue weighted by Crippen LogP contribution is -2.51. The molecule has 0 saturated heterocycles. The van der Waals surface area contributed by atoms with Crippen LogP contribution >= 0.6 is 0 Å². The first kappa shape index (κ1) is 24.8. The Kier molecular flexibility index (Phi) is 6.47. The average Bonchev–Trinajstić information content (AvgIpc) is 2.77. The topological polar surface area (TPSA) is 150 Å². The Bertz CT molecular complexity index is 1310. The molecule has 1 aliphatic rings. The number of hydrogen-bond donors (Lipinski definition) is 2. The third-order valence-electron chi connectivity index (χ3n) is 4.75. The molecule has 0 aromatic carbocycles. The van der Waals surface area contributed by atoms with Crippen LogP contribution in [0, 0.1) is 17.1 Å². The number of halogens is 4. The molecule has 10 nitrogen and oxygen atoms in total. The van der Waals surface area contributed by atoms with Crippen molar-refractivity contribution in [1.29, 1.82) is 5.26 Å². The Morgan fingerprint density at radius 1 is 1.38 bits per heavy atom. The normalized spacial score (nSPS) is 22.5. The van der Waals surface area contributed by atoms with E-state index in [4.69, 9.17) is 11.0 Å². The lowest BCUT2D eigenvalue weighted by molar-refractivity contribution is -0.117. The van der Waals surface area contributed by atoms with Crippen LogP contribution in [0.4, 0.5) is 23.4 Å². The molecule has 180 valence electrons. The van der Waals surface area contributed by atoms with E-state index in [9.17, 15) is 26.6 Å². The lowest BCUT2D eigenvalue weighted by Gasteiger charge is -2.36. The van der Waals surface area contributed by atoms with E-state index in [2.05, 4.69) is 24.6 Å². The van der Waals surface area contributed by atoms with Gasteiger partial charge in [-0.05, 0) is 31.2 Å². The molecule has 2 aromatic rings. The van der Waals surface area contributed by atoms with Crippen molar-refractivity contribution < 1.29 is 26.6 Å². The van der Waals surface area contributed by atoms with Gasteiger partial charge in [-0.25, -0.2) is 27.9 Å². The number of nitrogens with one attached hydrogen (secondary N) is 1. The molecule has 1 amide bonds. The van der Waals surface area contributed by atoms with Gasteiger partial charge in [-0.1, -0.05) is 0 Å². The summed E-state index contributed by atoms with van der Waals surface area (Å²) in [7, 11) is -2.58. The van der Waals surface area contributed by atoms with Crippen molar-refractivity contribution in [3.8, 4) is 6.07 Å². The Labute approximate surface area is 191 Å². The molecule has 0 fully saturated rings. The SMILES string of the molecule is CN1C(N)=NC(C)(c2nc(NC(=O)c3ccc(C#N)cn3)ccc2F)CS1(=O)=NCC(F)(F)F. The predicted molar refractivity (Wildman–Crippen MR) is 114 cm³/mol. The predicted octanol–water partition coefficient (Wildman–Crippen LogP) is 2.16. The highest BCUT2D eigenvalue weighted by Gasteiger charge is 2.42. The van der Waals surface area contributed by atoms with Crippen LogP contribution < -0.4 is 11.1 Å². The maximum absolute atomic E-state index is 14.7. The van der Waals surface area contributed by atoms with Gasteiger partial charge in [0.05, 0.1) is 11.3 Å². The second-order valence-corrected chi connectivity index (χ2v) is 9.73. The minimum atomic E-state index is -4.71. The minimum Gasteiger partial charge on any atom is -0.369 e. The summed E-state index contributed by atoms with van der Waals surface area (Å²) in [5.41, 5.74) is 3.82. The molecule has 0 bridgehead atoms. The first-order valence-corrected chi connectivity index (χ1v) is 11.1. The van der Waals surface area contributed by atoms with Crippen LogP contribution in [0.25, 0.3) is 0 Å². The molecule has 0 saturated carbocycles. The van der Waals surface area contributed by atoms with Gasteiger partial charge in [-0.3, -0.25) is 9.10 Å². The fourth-order valence-electron chi connectivity index (χ4n) is 3.06. The van der Waals surface area contributed by atoms with Crippen LogP contribution in [0.3, 0.4) is 0 Å². The molecule has 2 aromatic heterocycles. The van der Waals surface area contributed by atoms with Crippen LogP contribution in [0.2, 0.25) is 0 Å². The summed E-state index contributed by atoms with van der Waals surface area (Å²) in [6, 6.07) is 6.66. The average molecular weight is 498 g/mol. The second kappa shape index (κ2) is 8.86. The highest BCUT2D eigenvalue weighted by molar-refractivity contribution is 7.92. The van der Waals surface area contributed by atoms with Gasteiger partial charge in [-0.15, -0.1) is 0 Å². The smallest absolute Gasteiger partial charge is 0.369 e. The number of pyridine rings is 2. The van der Waals surface area contributed by atoms with Gasteiger partial charge in [0.25, 0.3) is 5.91 Å². The highest BCUT2D eigenvalue weighted by atomic mass is 32.2. The maximum atomic E-state index is 14.7. The number of alkyl halides is 3. The van der Waals surface area contributed by atoms with Crippen molar-refractivity contribution >= 4 is 27.6 Å². The molecular formula is C19H18F4N8O2S. The summed E-state index contributed by atoms with van der Waals surface area (Å²) < 4.78 is 70.2. The van der Waals surface area contributed by atoms with E-state index in [0.29, 0.717) is 0 Å². The van der Waals surface area contributed by atoms with Gasteiger partial charge in [-0.2, -0.15) is 18.4 Å². The molecule has 0 spiro atoms. The van der Waals surface area contributed by atoms with E-state index in [1.165, 1.54) is 32.3 Å². The van der Waals surface area contributed by atoms with Crippen molar-refractivity contribution in [1.82, 2.24) is 14.3 Å². The number of carbonyl (C=O) groups excluding carboxylic acids is 1. The van der Waals surface area contributed by atoms with Crippen LogP contribution in [-0.2, 0) is 15.5 Å². The molecule has 34 heavy (non-hydrogen) atoms. The van der Waals surface area contributed by atoms with Gasteiger partial charge in [0, 0.05) is 13.2 Å².